The van der Waals surface area contributed by atoms with Gasteiger partial charge < -0.3 is 10.2 Å². The van der Waals surface area contributed by atoms with Crippen LogP contribution in [0.25, 0.3) is 0 Å². The van der Waals surface area contributed by atoms with Crippen molar-refractivity contribution in [1.29, 1.82) is 0 Å². The smallest absolute Gasteiger partial charge is 0.244 e. The van der Waals surface area contributed by atoms with E-state index in [1.165, 1.54) is 53.3 Å². The molecular weight excluding hydrogens is 618 g/mol. The summed E-state index contributed by atoms with van der Waals surface area (Å²) >= 11 is 6.14. The Kier molecular flexibility index (Phi) is 9.49. The average Bonchev–Trinajstić information content (AvgIpc) is 3.02. The highest BCUT2D eigenvalue weighted by atomic mass is 35.5. The van der Waals surface area contributed by atoms with E-state index in [1.807, 2.05) is 61.5 Å². The molecule has 4 aliphatic rings. The molecule has 1 atom stereocenters. The van der Waals surface area contributed by atoms with E-state index in [2.05, 4.69) is 17.4 Å². The quantitative estimate of drug-likeness (QED) is 0.245. The van der Waals surface area contributed by atoms with Gasteiger partial charge in [-0.1, -0.05) is 66.2 Å². The van der Waals surface area contributed by atoms with E-state index in [0.29, 0.717) is 17.3 Å². The molecule has 0 radical (unpaired) electrons. The Balaban J connectivity index is 1.29. The van der Waals surface area contributed by atoms with Crippen LogP contribution in [-0.2, 0) is 38.0 Å². The number of amides is 2. The number of nitrogens with one attached hydrogen (secondary N) is 1. The molecule has 3 aromatic rings. The minimum Gasteiger partial charge on any atom is -0.355 e. The number of anilines is 1. The summed E-state index contributed by atoms with van der Waals surface area (Å²) in [6, 6.07) is 23.7. The van der Waals surface area contributed by atoms with Gasteiger partial charge in [0.15, 0.2) is 0 Å². The molecule has 0 saturated heterocycles. The fourth-order valence-electron chi connectivity index (χ4n) is 8.69. The summed E-state index contributed by atoms with van der Waals surface area (Å²) in [5.74, 6) is 1.65. The highest BCUT2D eigenvalue weighted by molar-refractivity contribution is 7.92. The molecule has 3 aromatic carbocycles. The summed E-state index contributed by atoms with van der Waals surface area (Å²) in [6.45, 7) is 1.93. The van der Waals surface area contributed by atoms with Gasteiger partial charge in [-0.15, -0.1) is 0 Å². The van der Waals surface area contributed by atoms with Gasteiger partial charge in [0.2, 0.25) is 21.8 Å². The van der Waals surface area contributed by atoms with Crippen LogP contribution in [0.2, 0.25) is 5.02 Å². The topological polar surface area (TPSA) is 86.8 Å². The molecule has 244 valence electrons. The Hall–Kier alpha value is -3.36. The van der Waals surface area contributed by atoms with E-state index in [-0.39, 0.29) is 24.3 Å². The molecule has 46 heavy (non-hydrogen) atoms. The lowest BCUT2D eigenvalue weighted by atomic mass is 9.48. The number of carbonyl (C=O) groups is 2. The van der Waals surface area contributed by atoms with E-state index in [0.717, 1.165) is 35.1 Å². The van der Waals surface area contributed by atoms with E-state index < -0.39 is 28.5 Å². The van der Waals surface area contributed by atoms with E-state index in [4.69, 9.17) is 11.6 Å². The highest BCUT2D eigenvalue weighted by Gasteiger charge is 2.51. The molecule has 7 rings (SSSR count). The first-order chi connectivity index (χ1) is 22.0. The zero-order valence-corrected chi connectivity index (χ0v) is 28.3. The Morgan fingerprint density at radius 2 is 1.46 bits per heavy atom. The summed E-state index contributed by atoms with van der Waals surface area (Å²) in [7, 11) is -3.83. The Morgan fingerprint density at radius 3 is 2.00 bits per heavy atom. The van der Waals surface area contributed by atoms with Crippen LogP contribution in [0, 0.1) is 17.8 Å². The van der Waals surface area contributed by atoms with Crippen molar-refractivity contribution in [2.75, 3.05) is 23.7 Å². The first kappa shape index (κ1) is 32.6. The van der Waals surface area contributed by atoms with Gasteiger partial charge in [0.05, 0.1) is 11.9 Å². The van der Waals surface area contributed by atoms with Crippen LogP contribution in [0.15, 0.2) is 78.9 Å². The first-order valence-electron chi connectivity index (χ1n) is 16.5. The van der Waals surface area contributed by atoms with Crippen molar-refractivity contribution < 1.29 is 18.0 Å². The van der Waals surface area contributed by atoms with E-state index >= 15 is 0 Å². The van der Waals surface area contributed by atoms with Gasteiger partial charge in [-0.3, -0.25) is 13.9 Å². The Labute approximate surface area is 278 Å². The fraction of sp³-hybridized carbons (Fsp3) is 0.459. The van der Waals surface area contributed by atoms with Gasteiger partial charge in [0.1, 0.15) is 12.6 Å². The lowest BCUT2D eigenvalue weighted by molar-refractivity contribution is -0.140. The molecule has 0 heterocycles. The summed E-state index contributed by atoms with van der Waals surface area (Å²) in [6.07, 6.45) is 9.13. The maximum atomic E-state index is 14.3. The maximum absolute atomic E-state index is 14.3. The second-order valence-corrected chi connectivity index (χ2v) is 16.1. The van der Waals surface area contributed by atoms with Gasteiger partial charge in [0, 0.05) is 24.5 Å². The van der Waals surface area contributed by atoms with Crippen molar-refractivity contribution in [3.05, 3.63) is 101 Å². The van der Waals surface area contributed by atoms with Crippen molar-refractivity contribution in [2.24, 2.45) is 17.8 Å². The predicted molar refractivity (Wildman–Crippen MR) is 183 cm³/mol. The van der Waals surface area contributed by atoms with Crippen LogP contribution in [-0.4, -0.2) is 50.5 Å². The molecule has 9 heteroatoms. The molecular formula is C37H44ClN3O4S. The monoisotopic (exact) mass is 661 g/mol. The average molecular weight is 662 g/mol. The fourth-order valence-corrected chi connectivity index (χ4v) is 9.67. The highest BCUT2D eigenvalue weighted by Crippen LogP contribution is 2.60. The first-order valence-corrected chi connectivity index (χ1v) is 18.7. The third-order valence-electron chi connectivity index (χ3n) is 10.4. The van der Waals surface area contributed by atoms with Crippen molar-refractivity contribution in [1.82, 2.24) is 10.2 Å². The molecule has 0 spiro atoms. The SMILES string of the molecule is CCNC(=O)[C@H](Cc1ccccc1)N(Cc1ccc(Cl)cc1)C(=O)CN(c1ccc(C23CC4CC(CC(C4)C2)C3)cc1)S(C)(=O)=O. The maximum Gasteiger partial charge on any atom is 0.244 e. The second-order valence-electron chi connectivity index (χ2n) is 13.8. The van der Waals surface area contributed by atoms with Crippen LogP contribution in [0.4, 0.5) is 5.69 Å². The molecule has 4 aliphatic carbocycles. The lowest BCUT2D eigenvalue weighted by Gasteiger charge is -2.57. The van der Waals surface area contributed by atoms with Gasteiger partial charge in [0.25, 0.3) is 0 Å². The zero-order valence-electron chi connectivity index (χ0n) is 26.7. The number of likely N-dealkylation sites (N-methyl/N-ethyl adjacent to an activating group) is 1. The largest absolute Gasteiger partial charge is 0.355 e. The third kappa shape index (κ3) is 7.13. The zero-order chi connectivity index (χ0) is 32.5. The van der Waals surface area contributed by atoms with Crippen LogP contribution in [0.5, 0.6) is 0 Å². The van der Waals surface area contributed by atoms with Crippen molar-refractivity contribution in [3.63, 3.8) is 0 Å². The summed E-state index contributed by atoms with van der Waals surface area (Å²) in [5, 5.41) is 3.45. The molecule has 1 N–H and O–H groups in total. The van der Waals surface area contributed by atoms with Crippen LogP contribution < -0.4 is 9.62 Å². The summed E-state index contributed by atoms with van der Waals surface area (Å²) < 4.78 is 27.7. The van der Waals surface area contributed by atoms with Crippen LogP contribution in [0.3, 0.4) is 0 Å². The number of hydrogen-bond acceptors (Lipinski definition) is 4. The number of hydrogen-bond donors (Lipinski definition) is 1. The molecule has 0 aliphatic heterocycles. The van der Waals surface area contributed by atoms with Crippen molar-refractivity contribution in [3.8, 4) is 0 Å². The standard InChI is InChI=1S/C37H44ClN3O4S/c1-3-39-36(43)34(20-26-7-5-4-6-8-26)40(24-27-9-13-32(38)14-10-27)35(42)25-41(46(2,44)45)33-15-11-31(12-16-33)37-21-28-17-29(22-37)19-30(18-28)23-37/h4-16,28-30,34H,3,17-25H2,1-2H3,(H,39,43)/t28?,29?,30?,34-,37?/m0/s1. The lowest BCUT2D eigenvalue weighted by Crippen LogP contribution is -2.53. The number of carbonyl (C=O) groups excluding carboxylic acids is 2. The molecule has 7 nitrogen and oxygen atoms in total. The Bertz CT molecular complexity index is 1610. The minimum absolute atomic E-state index is 0.118. The number of nitrogens with zero attached hydrogens (tertiary/aromatic N) is 2. The molecule has 4 fully saturated rings. The number of sulfonamides is 1. The molecule has 0 unspecified atom stereocenters. The van der Waals surface area contributed by atoms with Crippen molar-refractivity contribution >= 4 is 39.1 Å². The Morgan fingerprint density at radius 1 is 0.870 bits per heavy atom. The van der Waals surface area contributed by atoms with Gasteiger partial charge in [-0.05, 0) is 110 Å². The minimum atomic E-state index is -3.83. The molecule has 0 aromatic heterocycles. The number of benzene rings is 3. The molecule has 4 bridgehead atoms. The van der Waals surface area contributed by atoms with E-state index in [9.17, 15) is 18.0 Å². The normalized spacial score (nSPS) is 23.9. The summed E-state index contributed by atoms with van der Waals surface area (Å²) in [4.78, 5) is 29.3. The second kappa shape index (κ2) is 13.4. The van der Waals surface area contributed by atoms with E-state index in [1.54, 1.807) is 12.1 Å². The van der Waals surface area contributed by atoms with Gasteiger partial charge >= 0.3 is 0 Å². The van der Waals surface area contributed by atoms with Gasteiger partial charge in [-0.2, -0.15) is 0 Å². The van der Waals surface area contributed by atoms with Gasteiger partial charge in [-0.25, -0.2) is 8.42 Å². The predicted octanol–water partition coefficient (Wildman–Crippen LogP) is 6.35. The third-order valence-corrected chi connectivity index (χ3v) is 11.8. The number of halogens is 1. The van der Waals surface area contributed by atoms with Crippen LogP contribution in [0.1, 0.15) is 62.1 Å². The number of rotatable bonds is 12. The molecule has 4 saturated carbocycles. The van der Waals surface area contributed by atoms with Crippen LogP contribution >= 0.6 is 11.6 Å². The summed E-state index contributed by atoms with van der Waals surface area (Å²) in [5.41, 5.74) is 3.61. The molecule has 2 amide bonds. The van der Waals surface area contributed by atoms with Crippen molar-refractivity contribution in [2.45, 2.75) is 69.9 Å².